The zero-order chi connectivity index (χ0) is 23.8. The first-order valence-electron chi connectivity index (χ1n) is 10.5. The van der Waals surface area contributed by atoms with E-state index in [1.165, 1.54) is 24.4 Å². The van der Waals surface area contributed by atoms with Crippen LogP contribution in [0, 0.1) is 15.9 Å². The van der Waals surface area contributed by atoms with Crippen molar-refractivity contribution in [3.05, 3.63) is 93.4 Å². The molecule has 2 aromatic carbocycles. The van der Waals surface area contributed by atoms with Gasteiger partial charge >= 0.3 is 0 Å². The SMILES string of the molecule is O=C(NC1CC1)c1ccc(F)c(C(=O)c2c[nH]c3nc(Nc4ccccc4[N+](=O)[O-])ccc23)c1. The number of hydrogen-bond donors (Lipinski definition) is 3. The lowest BCUT2D eigenvalue weighted by atomic mass is 10.0. The first kappa shape index (κ1) is 21.3. The lowest BCUT2D eigenvalue weighted by Gasteiger charge is -2.08. The monoisotopic (exact) mass is 459 g/mol. The zero-order valence-electron chi connectivity index (χ0n) is 17.7. The zero-order valence-corrected chi connectivity index (χ0v) is 17.7. The quantitative estimate of drug-likeness (QED) is 0.212. The highest BCUT2D eigenvalue weighted by Gasteiger charge is 2.25. The Balaban J connectivity index is 1.43. The molecule has 0 bridgehead atoms. The largest absolute Gasteiger partial charge is 0.349 e. The number of hydrogen-bond acceptors (Lipinski definition) is 6. The molecular formula is C24H18FN5O4. The van der Waals surface area contributed by atoms with E-state index >= 15 is 0 Å². The third-order valence-electron chi connectivity index (χ3n) is 5.53. The lowest BCUT2D eigenvalue weighted by molar-refractivity contribution is -0.383. The second kappa shape index (κ2) is 8.39. The fourth-order valence-corrected chi connectivity index (χ4v) is 3.62. The van der Waals surface area contributed by atoms with E-state index in [9.17, 15) is 24.1 Å². The summed E-state index contributed by atoms with van der Waals surface area (Å²) in [6.45, 7) is 0. The van der Waals surface area contributed by atoms with Gasteiger partial charge < -0.3 is 15.6 Å². The van der Waals surface area contributed by atoms with Crippen LogP contribution in [0.1, 0.15) is 39.1 Å². The molecule has 5 rings (SSSR count). The van der Waals surface area contributed by atoms with Crippen molar-refractivity contribution in [3.63, 3.8) is 0 Å². The molecule has 9 nitrogen and oxygen atoms in total. The van der Waals surface area contributed by atoms with Crippen LogP contribution >= 0.6 is 0 Å². The van der Waals surface area contributed by atoms with Crippen molar-refractivity contribution in [1.29, 1.82) is 0 Å². The average molecular weight is 459 g/mol. The van der Waals surface area contributed by atoms with Crippen molar-refractivity contribution in [2.24, 2.45) is 0 Å². The third-order valence-corrected chi connectivity index (χ3v) is 5.53. The number of nitrogens with one attached hydrogen (secondary N) is 3. The smallest absolute Gasteiger partial charge is 0.292 e. The van der Waals surface area contributed by atoms with Crippen LogP contribution in [0.4, 0.5) is 21.6 Å². The number of carbonyl (C=O) groups is 2. The highest BCUT2D eigenvalue weighted by atomic mass is 19.1. The Morgan fingerprint density at radius 2 is 1.88 bits per heavy atom. The number of amides is 1. The van der Waals surface area contributed by atoms with Crippen LogP contribution in [-0.4, -0.2) is 32.6 Å². The number of aromatic amines is 1. The number of aromatic nitrogens is 2. The highest BCUT2D eigenvalue weighted by Crippen LogP contribution is 2.28. The number of carbonyl (C=O) groups excluding carboxylic acids is 2. The summed E-state index contributed by atoms with van der Waals surface area (Å²) >= 11 is 0. The van der Waals surface area contributed by atoms with E-state index in [1.54, 1.807) is 30.3 Å². The summed E-state index contributed by atoms with van der Waals surface area (Å²) < 4.78 is 14.5. The molecule has 0 saturated heterocycles. The van der Waals surface area contributed by atoms with Crippen molar-refractivity contribution < 1.29 is 18.9 Å². The van der Waals surface area contributed by atoms with Gasteiger partial charge in [0.25, 0.3) is 11.6 Å². The maximum Gasteiger partial charge on any atom is 0.292 e. The summed E-state index contributed by atoms with van der Waals surface area (Å²) in [5.74, 6) is -1.34. The van der Waals surface area contributed by atoms with E-state index in [4.69, 9.17) is 0 Å². The van der Waals surface area contributed by atoms with Gasteiger partial charge in [-0.3, -0.25) is 19.7 Å². The van der Waals surface area contributed by atoms with Gasteiger partial charge in [-0.05, 0) is 49.2 Å². The van der Waals surface area contributed by atoms with Crippen molar-refractivity contribution in [3.8, 4) is 0 Å². The Hall–Kier alpha value is -4.60. The van der Waals surface area contributed by atoms with Gasteiger partial charge in [-0.25, -0.2) is 9.37 Å². The molecule has 3 N–H and O–H groups in total. The van der Waals surface area contributed by atoms with Crippen LogP contribution in [-0.2, 0) is 0 Å². The van der Waals surface area contributed by atoms with E-state index in [0.717, 1.165) is 18.9 Å². The Morgan fingerprint density at radius 1 is 1.09 bits per heavy atom. The minimum atomic E-state index is -0.732. The molecule has 0 radical (unpaired) electrons. The van der Waals surface area contributed by atoms with E-state index in [0.29, 0.717) is 16.9 Å². The molecule has 1 aliphatic carbocycles. The number of H-pyrrole nitrogens is 1. The first-order chi connectivity index (χ1) is 16.4. The summed E-state index contributed by atoms with van der Waals surface area (Å²) in [5, 5.41) is 17.4. The summed E-state index contributed by atoms with van der Waals surface area (Å²) in [6, 6.07) is 13.2. The summed E-state index contributed by atoms with van der Waals surface area (Å²) in [5.41, 5.74) is 0.698. The van der Waals surface area contributed by atoms with Gasteiger partial charge in [0.2, 0.25) is 0 Å². The Morgan fingerprint density at radius 3 is 2.65 bits per heavy atom. The number of nitro groups is 1. The van der Waals surface area contributed by atoms with Gasteiger partial charge in [0.05, 0.1) is 10.5 Å². The molecule has 2 aromatic heterocycles. The molecule has 4 aromatic rings. The van der Waals surface area contributed by atoms with Crippen LogP contribution in [0.2, 0.25) is 0 Å². The molecule has 0 spiro atoms. The number of nitrogens with zero attached hydrogens (tertiary/aromatic N) is 2. The number of ketones is 1. The average Bonchev–Trinajstić information content (AvgIpc) is 3.54. The number of benzene rings is 2. The Labute approximate surface area is 192 Å². The van der Waals surface area contributed by atoms with Crippen molar-refractivity contribution in [2.45, 2.75) is 18.9 Å². The van der Waals surface area contributed by atoms with Gasteiger partial charge in [0.1, 0.15) is 23.0 Å². The number of nitro benzene ring substituents is 1. The normalized spacial score (nSPS) is 13.0. The third kappa shape index (κ3) is 4.08. The van der Waals surface area contributed by atoms with E-state index in [-0.39, 0.29) is 40.0 Å². The number of anilines is 2. The minimum Gasteiger partial charge on any atom is -0.349 e. The topological polar surface area (TPSA) is 130 Å². The number of para-hydroxylation sites is 2. The van der Waals surface area contributed by atoms with E-state index < -0.39 is 16.5 Å². The van der Waals surface area contributed by atoms with Gasteiger partial charge in [0.15, 0.2) is 5.78 Å². The molecule has 0 aliphatic heterocycles. The highest BCUT2D eigenvalue weighted by molar-refractivity contribution is 6.16. The fourth-order valence-electron chi connectivity index (χ4n) is 3.62. The van der Waals surface area contributed by atoms with Crippen LogP contribution in [0.3, 0.4) is 0 Å². The molecule has 10 heteroatoms. The molecule has 0 atom stereocenters. The number of fused-ring (bicyclic) bond motifs is 1. The maximum absolute atomic E-state index is 14.5. The van der Waals surface area contributed by atoms with Crippen LogP contribution in [0.5, 0.6) is 0 Å². The number of halogens is 1. The Kier molecular flexibility index (Phi) is 5.25. The fraction of sp³-hybridized carbons (Fsp3) is 0.125. The molecule has 2 heterocycles. The second-order valence-corrected chi connectivity index (χ2v) is 7.97. The molecule has 0 unspecified atom stereocenters. The number of rotatable bonds is 7. The van der Waals surface area contributed by atoms with Crippen LogP contribution in [0.25, 0.3) is 11.0 Å². The summed E-state index contributed by atoms with van der Waals surface area (Å²) in [7, 11) is 0. The van der Waals surface area contributed by atoms with Gasteiger partial charge in [-0.1, -0.05) is 12.1 Å². The first-order valence-corrected chi connectivity index (χ1v) is 10.5. The number of pyridine rings is 1. The van der Waals surface area contributed by atoms with Gasteiger partial charge in [-0.2, -0.15) is 0 Å². The lowest BCUT2D eigenvalue weighted by Crippen LogP contribution is -2.25. The predicted octanol–water partition coefficient (Wildman–Crippen LogP) is 4.48. The van der Waals surface area contributed by atoms with Crippen molar-refractivity contribution in [1.82, 2.24) is 15.3 Å². The van der Waals surface area contributed by atoms with Crippen molar-refractivity contribution in [2.75, 3.05) is 5.32 Å². The van der Waals surface area contributed by atoms with E-state index in [2.05, 4.69) is 20.6 Å². The molecule has 1 fully saturated rings. The van der Waals surface area contributed by atoms with E-state index in [1.807, 2.05) is 0 Å². The second-order valence-electron chi connectivity index (χ2n) is 7.97. The van der Waals surface area contributed by atoms with Crippen LogP contribution < -0.4 is 10.6 Å². The Bertz CT molecular complexity index is 1460. The molecule has 1 aliphatic rings. The van der Waals surface area contributed by atoms with Crippen molar-refractivity contribution >= 4 is 39.9 Å². The van der Waals surface area contributed by atoms with Gasteiger partial charge in [-0.15, -0.1) is 0 Å². The summed E-state index contributed by atoms with van der Waals surface area (Å²) in [6.07, 6.45) is 3.25. The molecular weight excluding hydrogens is 441 g/mol. The molecule has 34 heavy (non-hydrogen) atoms. The van der Waals surface area contributed by atoms with Crippen LogP contribution in [0.15, 0.2) is 60.8 Å². The predicted molar refractivity (Wildman–Crippen MR) is 123 cm³/mol. The summed E-state index contributed by atoms with van der Waals surface area (Å²) in [4.78, 5) is 43.5. The molecule has 170 valence electrons. The molecule has 1 saturated carbocycles. The molecule has 1 amide bonds. The maximum atomic E-state index is 14.5. The van der Waals surface area contributed by atoms with Gasteiger partial charge in [0, 0.05) is 34.8 Å². The standard InChI is InChI=1S/C24H18FN5O4/c25-18-9-5-13(24(32)27-14-6-7-14)11-16(18)22(31)17-12-26-23-15(17)8-10-21(29-23)28-19-3-1-2-4-20(19)30(33)34/h1-5,8-12,14H,6-7H2,(H,27,32)(H2,26,28,29). The minimum absolute atomic E-state index is 0.104.